The summed E-state index contributed by atoms with van der Waals surface area (Å²) in [6.07, 6.45) is 3.96. The molecule has 2 saturated heterocycles. The van der Waals surface area contributed by atoms with Gasteiger partial charge in [0.1, 0.15) is 5.75 Å². The average Bonchev–Trinajstić information content (AvgIpc) is 2.77. The van der Waals surface area contributed by atoms with Gasteiger partial charge in [0, 0.05) is 19.2 Å². The Morgan fingerprint density at radius 2 is 1.81 bits per heavy atom. The third-order valence-corrected chi connectivity index (χ3v) is 4.68. The largest absolute Gasteiger partial charge is 0.481 e. The van der Waals surface area contributed by atoms with Crippen LogP contribution in [0, 0.1) is 0 Å². The van der Waals surface area contributed by atoms with Gasteiger partial charge in [0.05, 0.1) is 6.10 Å². The van der Waals surface area contributed by atoms with Gasteiger partial charge >= 0.3 is 0 Å². The topological polar surface area (TPSA) is 38.8 Å². The molecular formula is C17H23NO3. The summed E-state index contributed by atoms with van der Waals surface area (Å²) in [5, 5.41) is 0. The zero-order valence-corrected chi connectivity index (χ0v) is 12.7. The number of hydrogen-bond donors (Lipinski definition) is 0. The van der Waals surface area contributed by atoms with Gasteiger partial charge in [-0.1, -0.05) is 18.2 Å². The monoisotopic (exact) mass is 289 g/mol. The van der Waals surface area contributed by atoms with Crippen LogP contribution in [-0.2, 0) is 9.53 Å². The molecule has 0 saturated carbocycles. The summed E-state index contributed by atoms with van der Waals surface area (Å²) >= 11 is 0. The standard InChI is InChI=1S/C17H23NO3/c1-12(21-15-6-4-3-5-7-15)17(19)18-13-8-9-14(18)11-16(10-13)20-2/h3-7,12-14,16H,8-11H2,1-2H3. The van der Waals surface area contributed by atoms with Crippen LogP contribution in [0.15, 0.2) is 30.3 Å². The molecule has 1 aromatic rings. The van der Waals surface area contributed by atoms with Crippen LogP contribution >= 0.6 is 0 Å². The number of carbonyl (C=O) groups is 1. The Labute approximate surface area is 126 Å². The summed E-state index contributed by atoms with van der Waals surface area (Å²) in [5.74, 6) is 0.860. The molecule has 0 aromatic heterocycles. The van der Waals surface area contributed by atoms with Crippen LogP contribution in [-0.4, -0.2) is 42.2 Å². The molecule has 2 fully saturated rings. The third-order valence-electron chi connectivity index (χ3n) is 4.68. The number of carbonyl (C=O) groups excluding carboxylic acids is 1. The van der Waals surface area contributed by atoms with Gasteiger partial charge in [-0.05, 0) is 44.7 Å². The van der Waals surface area contributed by atoms with Crippen LogP contribution in [0.25, 0.3) is 0 Å². The highest BCUT2D eigenvalue weighted by molar-refractivity contribution is 5.82. The molecule has 3 atom stereocenters. The predicted molar refractivity (Wildman–Crippen MR) is 80.2 cm³/mol. The lowest BCUT2D eigenvalue weighted by molar-refractivity contribution is -0.144. The van der Waals surface area contributed by atoms with Crippen molar-refractivity contribution in [1.82, 2.24) is 4.90 Å². The molecule has 0 N–H and O–H groups in total. The molecule has 3 unspecified atom stereocenters. The summed E-state index contributed by atoms with van der Waals surface area (Å²) < 4.78 is 11.3. The minimum atomic E-state index is -0.436. The third kappa shape index (κ3) is 2.91. The molecule has 21 heavy (non-hydrogen) atoms. The van der Waals surface area contributed by atoms with Gasteiger partial charge in [-0.2, -0.15) is 0 Å². The minimum absolute atomic E-state index is 0.112. The molecule has 0 spiro atoms. The van der Waals surface area contributed by atoms with Crippen LogP contribution in [0.4, 0.5) is 0 Å². The molecule has 3 rings (SSSR count). The van der Waals surface area contributed by atoms with Crippen LogP contribution < -0.4 is 4.74 Å². The Hall–Kier alpha value is -1.55. The number of piperidine rings is 1. The fourth-order valence-corrected chi connectivity index (χ4v) is 3.64. The number of para-hydroxylation sites is 1. The summed E-state index contributed by atoms with van der Waals surface area (Å²) in [6, 6.07) is 10.2. The van der Waals surface area contributed by atoms with E-state index in [2.05, 4.69) is 4.90 Å². The fraction of sp³-hybridized carbons (Fsp3) is 0.588. The second-order valence-corrected chi connectivity index (χ2v) is 6.03. The van der Waals surface area contributed by atoms with E-state index >= 15 is 0 Å². The van der Waals surface area contributed by atoms with Crippen LogP contribution in [0.2, 0.25) is 0 Å². The number of hydrogen-bond acceptors (Lipinski definition) is 3. The molecule has 1 amide bonds. The van der Waals surface area contributed by atoms with E-state index in [1.807, 2.05) is 37.3 Å². The van der Waals surface area contributed by atoms with E-state index in [1.54, 1.807) is 7.11 Å². The first-order valence-corrected chi connectivity index (χ1v) is 7.75. The van der Waals surface area contributed by atoms with E-state index in [4.69, 9.17) is 9.47 Å². The number of nitrogens with zero attached hydrogens (tertiary/aromatic N) is 1. The first kappa shape index (κ1) is 14.4. The maximum Gasteiger partial charge on any atom is 0.263 e. The number of rotatable bonds is 4. The van der Waals surface area contributed by atoms with Gasteiger partial charge in [0.2, 0.25) is 0 Å². The highest BCUT2D eigenvalue weighted by atomic mass is 16.5. The lowest BCUT2D eigenvalue weighted by Gasteiger charge is -2.39. The molecule has 114 valence electrons. The normalized spacial score (nSPS) is 29.2. The first-order chi connectivity index (χ1) is 10.2. The number of benzene rings is 1. The quantitative estimate of drug-likeness (QED) is 0.855. The molecule has 2 bridgehead atoms. The van der Waals surface area contributed by atoms with Crippen molar-refractivity contribution in [1.29, 1.82) is 0 Å². The second-order valence-electron chi connectivity index (χ2n) is 6.03. The molecule has 2 aliphatic rings. The van der Waals surface area contributed by atoms with E-state index in [0.717, 1.165) is 31.4 Å². The molecular weight excluding hydrogens is 266 g/mol. The fourth-order valence-electron chi connectivity index (χ4n) is 3.64. The zero-order valence-electron chi connectivity index (χ0n) is 12.7. The van der Waals surface area contributed by atoms with Gasteiger partial charge in [0.25, 0.3) is 5.91 Å². The Balaban J connectivity index is 1.65. The molecule has 4 nitrogen and oxygen atoms in total. The van der Waals surface area contributed by atoms with Gasteiger partial charge in [-0.25, -0.2) is 0 Å². The van der Waals surface area contributed by atoms with Gasteiger partial charge in [-0.3, -0.25) is 4.79 Å². The van der Waals surface area contributed by atoms with E-state index in [9.17, 15) is 4.79 Å². The molecule has 2 aliphatic heterocycles. The van der Waals surface area contributed by atoms with Crippen molar-refractivity contribution in [2.24, 2.45) is 0 Å². The zero-order chi connectivity index (χ0) is 14.8. The molecule has 1 aromatic carbocycles. The molecule has 4 heteroatoms. The number of methoxy groups -OCH3 is 1. The number of ether oxygens (including phenoxy) is 2. The summed E-state index contributed by atoms with van der Waals surface area (Å²) in [6.45, 7) is 1.84. The highest BCUT2D eigenvalue weighted by Crippen LogP contribution is 2.37. The minimum Gasteiger partial charge on any atom is -0.481 e. The highest BCUT2D eigenvalue weighted by Gasteiger charge is 2.44. The van der Waals surface area contributed by atoms with Gasteiger partial charge < -0.3 is 14.4 Å². The Kier molecular flexibility index (Phi) is 4.15. The van der Waals surface area contributed by atoms with Crippen molar-refractivity contribution in [3.63, 3.8) is 0 Å². The van der Waals surface area contributed by atoms with Crippen molar-refractivity contribution >= 4 is 5.91 Å². The SMILES string of the molecule is COC1CC2CCC(C1)N2C(=O)C(C)Oc1ccccc1. The molecule has 2 heterocycles. The Morgan fingerprint density at radius 1 is 1.19 bits per heavy atom. The van der Waals surface area contributed by atoms with E-state index < -0.39 is 6.10 Å². The lowest BCUT2D eigenvalue weighted by Crippen LogP contribution is -2.52. The number of fused-ring (bicyclic) bond motifs is 2. The summed E-state index contributed by atoms with van der Waals surface area (Å²) in [7, 11) is 1.77. The van der Waals surface area contributed by atoms with E-state index in [0.29, 0.717) is 18.2 Å². The first-order valence-electron chi connectivity index (χ1n) is 7.75. The van der Waals surface area contributed by atoms with Crippen molar-refractivity contribution < 1.29 is 14.3 Å². The smallest absolute Gasteiger partial charge is 0.263 e. The maximum absolute atomic E-state index is 12.7. The second kappa shape index (κ2) is 6.06. The van der Waals surface area contributed by atoms with Crippen LogP contribution in [0.5, 0.6) is 5.75 Å². The number of amides is 1. The van der Waals surface area contributed by atoms with Crippen molar-refractivity contribution in [3.8, 4) is 5.75 Å². The summed E-state index contributed by atoms with van der Waals surface area (Å²) in [5.41, 5.74) is 0. The Morgan fingerprint density at radius 3 is 2.38 bits per heavy atom. The van der Waals surface area contributed by atoms with Gasteiger partial charge in [0.15, 0.2) is 6.10 Å². The van der Waals surface area contributed by atoms with Gasteiger partial charge in [-0.15, -0.1) is 0 Å². The predicted octanol–water partition coefficient (Wildman–Crippen LogP) is 2.62. The molecule has 0 aliphatic carbocycles. The van der Waals surface area contributed by atoms with Crippen molar-refractivity contribution in [2.45, 2.75) is 56.9 Å². The van der Waals surface area contributed by atoms with Crippen LogP contribution in [0.3, 0.4) is 0 Å². The maximum atomic E-state index is 12.7. The summed E-state index contributed by atoms with van der Waals surface area (Å²) in [4.78, 5) is 14.8. The average molecular weight is 289 g/mol. The van der Waals surface area contributed by atoms with E-state index in [-0.39, 0.29) is 5.91 Å². The van der Waals surface area contributed by atoms with Crippen molar-refractivity contribution in [3.05, 3.63) is 30.3 Å². The van der Waals surface area contributed by atoms with Crippen LogP contribution in [0.1, 0.15) is 32.6 Å². The van der Waals surface area contributed by atoms with E-state index in [1.165, 1.54) is 0 Å². The lowest BCUT2D eigenvalue weighted by atomic mass is 9.99. The van der Waals surface area contributed by atoms with Crippen molar-refractivity contribution in [2.75, 3.05) is 7.11 Å². The molecule has 0 radical (unpaired) electrons. The Bertz CT molecular complexity index is 476.